The Kier molecular flexibility index (Phi) is 5.54. The predicted octanol–water partition coefficient (Wildman–Crippen LogP) is 1.08. The van der Waals surface area contributed by atoms with E-state index in [-0.39, 0.29) is 29.3 Å². The molecular formula is C22H17BrN2O. The number of carbonyl (C=O) groups excluding carboxylic acids is 1. The monoisotopic (exact) mass is 404 g/mol. The average molecular weight is 405 g/mol. The van der Waals surface area contributed by atoms with Gasteiger partial charge in [0.1, 0.15) is 0 Å². The van der Waals surface area contributed by atoms with Crippen molar-refractivity contribution in [3.05, 3.63) is 97.0 Å². The van der Waals surface area contributed by atoms with Crippen molar-refractivity contribution in [1.82, 2.24) is 4.98 Å². The van der Waals surface area contributed by atoms with Crippen LogP contribution in [0.1, 0.15) is 10.4 Å². The van der Waals surface area contributed by atoms with Crippen molar-refractivity contribution in [1.29, 1.82) is 0 Å². The van der Waals surface area contributed by atoms with Gasteiger partial charge in [0.25, 0.3) is 6.33 Å². The minimum atomic E-state index is 0. The molecule has 0 spiro atoms. The number of carbonyl (C=O) groups is 1. The normalized spacial score (nSPS) is 10.3. The van der Waals surface area contributed by atoms with Gasteiger partial charge in [-0.3, -0.25) is 4.79 Å². The van der Waals surface area contributed by atoms with Gasteiger partial charge in [-0.25, -0.2) is 4.57 Å². The molecule has 4 heteroatoms. The van der Waals surface area contributed by atoms with Crippen molar-refractivity contribution in [2.45, 2.75) is 6.54 Å². The summed E-state index contributed by atoms with van der Waals surface area (Å²) in [4.78, 5) is 17.2. The molecule has 0 atom stereocenters. The lowest BCUT2D eigenvalue weighted by Gasteiger charge is -2.05. The lowest BCUT2D eigenvalue weighted by molar-refractivity contribution is -0.686. The second kappa shape index (κ2) is 8.02. The number of hydrogen-bond acceptors (Lipinski definition) is 2. The molecule has 128 valence electrons. The minimum Gasteiger partial charge on any atom is -1.00 e. The van der Waals surface area contributed by atoms with Crippen LogP contribution in [0.2, 0.25) is 0 Å². The Morgan fingerprint density at radius 1 is 0.846 bits per heavy atom. The van der Waals surface area contributed by atoms with Crippen molar-refractivity contribution < 1.29 is 26.3 Å². The Balaban J connectivity index is 0.00000196. The van der Waals surface area contributed by atoms with Gasteiger partial charge in [0.2, 0.25) is 5.78 Å². The molecule has 0 amide bonds. The van der Waals surface area contributed by atoms with Crippen LogP contribution in [0.15, 0.2) is 91.4 Å². The highest BCUT2D eigenvalue weighted by Crippen LogP contribution is 2.19. The Hall–Kier alpha value is -2.85. The summed E-state index contributed by atoms with van der Waals surface area (Å²) in [5.74, 6) is 0.0797. The molecular weight excluding hydrogens is 388 g/mol. The van der Waals surface area contributed by atoms with Crippen LogP contribution < -0.4 is 21.5 Å². The fraction of sp³-hybridized carbons (Fsp3) is 0.0455. The third-order valence-electron chi connectivity index (χ3n) is 4.25. The standard InChI is InChI=1S/C22H17N2O.BrH/c25-22(20-12-6-10-17-7-4-5-11-19(17)20)15-24-14-13-21(23-16-24)18-8-2-1-3-9-18;/h1-14,16H,15H2;1H/q+1;/p-1. The number of halogens is 1. The fourth-order valence-electron chi connectivity index (χ4n) is 2.98. The van der Waals surface area contributed by atoms with E-state index in [1.54, 1.807) is 6.33 Å². The molecule has 4 rings (SSSR count). The highest BCUT2D eigenvalue weighted by Gasteiger charge is 2.14. The van der Waals surface area contributed by atoms with Crippen molar-refractivity contribution in [2.75, 3.05) is 0 Å². The molecule has 0 aliphatic carbocycles. The number of rotatable bonds is 4. The predicted molar refractivity (Wildman–Crippen MR) is 98.1 cm³/mol. The second-order valence-corrected chi connectivity index (χ2v) is 5.93. The maximum absolute atomic E-state index is 12.7. The molecule has 0 N–H and O–H groups in total. The Morgan fingerprint density at radius 3 is 2.35 bits per heavy atom. The highest BCUT2D eigenvalue weighted by atomic mass is 79.9. The average Bonchev–Trinajstić information content (AvgIpc) is 2.69. The van der Waals surface area contributed by atoms with Crippen LogP contribution in [0.4, 0.5) is 0 Å². The van der Waals surface area contributed by atoms with Crippen molar-refractivity contribution in [2.24, 2.45) is 0 Å². The minimum absolute atomic E-state index is 0. The number of hydrogen-bond donors (Lipinski definition) is 0. The first kappa shape index (κ1) is 18.0. The Morgan fingerprint density at radius 2 is 1.58 bits per heavy atom. The zero-order chi connectivity index (χ0) is 17.1. The third kappa shape index (κ3) is 3.70. The number of fused-ring (bicyclic) bond motifs is 1. The number of aromatic nitrogens is 2. The van der Waals surface area contributed by atoms with Crippen LogP contribution >= 0.6 is 0 Å². The van der Waals surface area contributed by atoms with Gasteiger partial charge in [-0.2, -0.15) is 0 Å². The molecule has 0 saturated carbocycles. The summed E-state index contributed by atoms with van der Waals surface area (Å²) in [5.41, 5.74) is 2.71. The molecule has 0 radical (unpaired) electrons. The first-order valence-electron chi connectivity index (χ1n) is 8.23. The molecule has 0 aliphatic rings. The molecule has 1 heterocycles. The summed E-state index contributed by atoms with van der Waals surface area (Å²) in [5, 5.41) is 2.07. The molecule has 0 saturated heterocycles. The van der Waals surface area contributed by atoms with E-state index in [4.69, 9.17) is 0 Å². The molecule has 4 aromatic rings. The Labute approximate surface area is 162 Å². The van der Waals surface area contributed by atoms with E-state index in [1.807, 2.05) is 89.6 Å². The molecule has 26 heavy (non-hydrogen) atoms. The summed E-state index contributed by atoms with van der Waals surface area (Å²) in [6, 6.07) is 25.7. The van der Waals surface area contributed by atoms with Gasteiger partial charge >= 0.3 is 0 Å². The second-order valence-electron chi connectivity index (χ2n) is 5.93. The molecule has 3 nitrogen and oxygen atoms in total. The zero-order valence-corrected chi connectivity index (χ0v) is 15.6. The van der Waals surface area contributed by atoms with Crippen molar-refractivity contribution in [3.63, 3.8) is 0 Å². The summed E-state index contributed by atoms with van der Waals surface area (Å²) in [7, 11) is 0. The number of nitrogens with zero attached hydrogens (tertiary/aromatic N) is 2. The van der Waals surface area contributed by atoms with Gasteiger partial charge in [-0.05, 0) is 15.8 Å². The summed E-state index contributed by atoms with van der Waals surface area (Å²) < 4.78 is 1.82. The van der Waals surface area contributed by atoms with E-state index in [0.29, 0.717) is 0 Å². The lowest BCUT2D eigenvalue weighted by Crippen LogP contribution is -3.00. The SMILES string of the molecule is O=C(C[n+]1ccc(-c2ccccc2)nc1)c1cccc2ccccc12.[Br-]. The fourth-order valence-corrected chi connectivity index (χ4v) is 2.98. The number of Topliss-reactive ketones (excluding diaryl/α,β-unsaturated/α-hetero) is 1. The van der Waals surface area contributed by atoms with Gasteiger partial charge in [-0.1, -0.05) is 72.8 Å². The molecule has 0 unspecified atom stereocenters. The van der Waals surface area contributed by atoms with Crippen LogP contribution in [0.25, 0.3) is 22.0 Å². The number of benzene rings is 3. The van der Waals surface area contributed by atoms with E-state index in [9.17, 15) is 4.79 Å². The van der Waals surface area contributed by atoms with E-state index < -0.39 is 0 Å². The molecule has 0 bridgehead atoms. The van der Waals surface area contributed by atoms with Gasteiger partial charge in [0.15, 0.2) is 12.2 Å². The van der Waals surface area contributed by atoms with E-state index in [0.717, 1.165) is 27.6 Å². The molecule has 0 fully saturated rings. The van der Waals surface area contributed by atoms with Crippen LogP contribution in [0.3, 0.4) is 0 Å². The smallest absolute Gasteiger partial charge is 0.287 e. The first-order valence-corrected chi connectivity index (χ1v) is 8.23. The van der Waals surface area contributed by atoms with Crippen molar-refractivity contribution >= 4 is 16.6 Å². The first-order chi connectivity index (χ1) is 12.3. The number of ketones is 1. The molecule has 3 aromatic carbocycles. The summed E-state index contributed by atoms with van der Waals surface area (Å²) in [6.45, 7) is 0.274. The quantitative estimate of drug-likeness (QED) is 0.376. The van der Waals surface area contributed by atoms with Crippen LogP contribution in [-0.2, 0) is 6.54 Å². The van der Waals surface area contributed by atoms with E-state index >= 15 is 0 Å². The van der Waals surface area contributed by atoms with Crippen LogP contribution in [-0.4, -0.2) is 10.8 Å². The van der Waals surface area contributed by atoms with Gasteiger partial charge in [0, 0.05) is 17.2 Å². The zero-order valence-electron chi connectivity index (χ0n) is 14.0. The molecule has 0 aliphatic heterocycles. The van der Waals surface area contributed by atoms with Crippen molar-refractivity contribution in [3.8, 4) is 11.3 Å². The van der Waals surface area contributed by atoms with Gasteiger partial charge < -0.3 is 17.0 Å². The molecule has 1 aromatic heterocycles. The van der Waals surface area contributed by atoms with Gasteiger partial charge in [0.05, 0.1) is 6.20 Å². The summed E-state index contributed by atoms with van der Waals surface area (Å²) >= 11 is 0. The maximum Gasteiger partial charge on any atom is 0.287 e. The maximum atomic E-state index is 12.7. The lowest BCUT2D eigenvalue weighted by atomic mass is 10.0. The topological polar surface area (TPSA) is 33.8 Å². The van der Waals surface area contributed by atoms with Crippen LogP contribution in [0.5, 0.6) is 0 Å². The summed E-state index contributed by atoms with van der Waals surface area (Å²) in [6.07, 6.45) is 3.61. The van der Waals surface area contributed by atoms with Crippen LogP contribution in [0, 0.1) is 0 Å². The highest BCUT2D eigenvalue weighted by molar-refractivity contribution is 6.07. The third-order valence-corrected chi connectivity index (χ3v) is 4.25. The van der Waals surface area contributed by atoms with E-state index in [1.165, 1.54) is 0 Å². The van der Waals surface area contributed by atoms with E-state index in [2.05, 4.69) is 4.98 Å². The van der Waals surface area contributed by atoms with Gasteiger partial charge in [-0.15, -0.1) is 0 Å². The Bertz CT molecular complexity index is 1030. The largest absolute Gasteiger partial charge is 1.00 e.